The molecule has 0 atom stereocenters. The van der Waals surface area contributed by atoms with Gasteiger partial charge in [0.05, 0.1) is 0 Å². The lowest BCUT2D eigenvalue weighted by Crippen LogP contribution is -1.73. The van der Waals surface area contributed by atoms with E-state index in [1.807, 2.05) is 0 Å². The fraction of sp³-hybridized carbons (Fsp3) is 0.143. The van der Waals surface area contributed by atoms with Gasteiger partial charge in [-0.2, -0.15) is 0 Å². The van der Waals surface area contributed by atoms with Crippen LogP contribution < -0.4 is 0 Å². The molecule has 9 heavy (non-hydrogen) atoms. The van der Waals surface area contributed by atoms with Crippen molar-refractivity contribution in [2.75, 3.05) is 0 Å². The molecule has 0 saturated heterocycles. The standard InChI is InChI=1S/C7H8BCl/c1-3-4-7(8)5-6(2)9/h3-5H,1H2,2H3/b6-5+,7-4+. The summed E-state index contributed by atoms with van der Waals surface area (Å²) in [7, 11) is 5.41. The summed E-state index contributed by atoms with van der Waals surface area (Å²) in [6.45, 7) is 5.25. The van der Waals surface area contributed by atoms with Gasteiger partial charge in [-0.15, -0.1) is 0 Å². The van der Waals surface area contributed by atoms with Crippen LogP contribution in [0, 0.1) is 0 Å². The molecule has 0 aliphatic heterocycles. The molecule has 0 aliphatic rings. The van der Waals surface area contributed by atoms with Crippen LogP contribution in [0.25, 0.3) is 0 Å². The number of hydrogen-bond acceptors (Lipinski definition) is 0. The number of halogens is 1. The predicted molar refractivity (Wildman–Crippen MR) is 43.6 cm³/mol. The second-order valence-corrected chi connectivity index (χ2v) is 2.23. The maximum atomic E-state index is 5.51. The summed E-state index contributed by atoms with van der Waals surface area (Å²) < 4.78 is 0. The molecule has 46 valence electrons. The van der Waals surface area contributed by atoms with Gasteiger partial charge in [-0.25, -0.2) is 0 Å². The lowest BCUT2D eigenvalue weighted by atomic mass is 9.95. The molecule has 0 rings (SSSR count). The van der Waals surface area contributed by atoms with E-state index in [1.54, 1.807) is 25.2 Å². The lowest BCUT2D eigenvalue weighted by Gasteiger charge is -1.87. The third-order valence-corrected chi connectivity index (χ3v) is 0.785. The first kappa shape index (κ1) is 8.57. The van der Waals surface area contributed by atoms with E-state index in [0.717, 1.165) is 0 Å². The maximum Gasteiger partial charge on any atom is 0.113 e. The van der Waals surface area contributed by atoms with Gasteiger partial charge in [0.25, 0.3) is 0 Å². The second-order valence-electron chi connectivity index (χ2n) is 1.63. The third-order valence-electron chi connectivity index (χ3n) is 0.676. The zero-order valence-corrected chi connectivity index (χ0v) is 6.15. The molecule has 0 aromatic carbocycles. The molecule has 0 aromatic rings. The Morgan fingerprint density at radius 3 is 2.56 bits per heavy atom. The second kappa shape index (κ2) is 4.45. The smallest absolute Gasteiger partial charge is 0.0991 e. The minimum Gasteiger partial charge on any atom is -0.0991 e. The Morgan fingerprint density at radius 2 is 2.22 bits per heavy atom. The molecule has 0 aliphatic carbocycles. The van der Waals surface area contributed by atoms with Crippen LogP contribution >= 0.6 is 11.6 Å². The van der Waals surface area contributed by atoms with E-state index in [-0.39, 0.29) is 0 Å². The van der Waals surface area contributed by atoms with Crippen LogP contribution in [0.2, 0.25) is 0 Å². The Morgan fingerprint density at radius 1 is 1.67 bits per heavy atom. The Labute approximate surface area is 62.3 Å². The largest absolute Gasteiger partial charge is 0.113 e. The van der Waals surface area contributed by atoms with Crippen LogP contribution in [-0.4, -0.2) is 7.85 Å². The molecular weight excluding hydrogens is 130 g/mol. The summed E-state index contributed by atoms with van der Waals surface area (Å²) in [6, 6.07) is 0. The van der Waals surface area contributed by atoms with Crippen molar-refractivity contribution in [1.82, 2.24) is 0 Å². The van der Waals surface area contributed by atoms with Gasteiger partial charge in [0.1, 0.15) is 7.85 Å². The van der Waals surface area contributed by atoms with Gasteiger partial charge in [-0.3, -0.25) is 0 Å². The van der Waals surface area contributed by atoms with E-state index in [2.05, 4.69) is 6.58 Å². The van der Waals surface area contributed by atoms with E-state index in [4.69, 9.17) is 19.4 Å². The zero-order chi connectivity index (χ0) is 7.28. The average molecular weight is 138 g/mol. The topological polar surface area (TPSA) is 0 Å². The highest BCUT2D eigenvalue weighted by molar-refractivity contribution is 6.31. The Bertz CT molecular complexity index is 152. The summed E-state index contributed by atoms with van der Waals surface area (Å²) in [5.74, 6) is 0. The summed E-state index contributed by atoms with van der Waals surface area (Å²) in [5.41, 5.74) is 0.623. The van der Waals surface area contributed by atoms with Crippen LogP contribution in [0.1, 0.15) is 6.92 Å². The molecule has 0 heterocycles. The lowest BCUT2D eigenvalue weighted by molar-refractivity contribution is 1.64. The van der Waals surface area contributed by atoms with Crippen LogP contribution in [-0.2, 0) is 0 Å². The van der Waals surface area contributed by atoms with E-state index in [1.165, 1.54) is 0 Å². The molecular formula is C7H8BCl. The third kappa shape index (κ3) is 5.45. The van der Waals surface area contributed by atoms with Crippen molar-refractivity contribution in [2.45, 2.75) is 6.92 Å². The molecule has 0 unspecified atom stereocenters. The van der Waals surface area contributed by atoms with Crippen LogP contribution in [0.3, 0.4) is 0 Å². The molecule has 0 saturated carbocycles. The van der Waals surface area contributed by atoms with Gasteiger partial charge >= 0.3 is 0 Å². The molecule has 2 radical (unpaired) electrons. The average Bonchev–Trinajstić information content (AvgIpc) is 1.63. The highest BCUT2D eigenvalue weighted by Gasteiger charge is 1.80. The summed E-state index contributed by atoms with van der Waals surface area (Å²) in [4.78, 5) is 0. The van der Waals surface area contributed by atoms with Crippen molar-refractivity contribution < 1.29 is 0 Å². The molecule has 0 amide bonds. The van der Waals surface area contributed by atoms with Crippen molar-refractivity contribution in [1.29, 1.82) is 0 Å². The zero-order valence-electron chi connectivity index (χ0n) is 5.39. The summed E-state index contributed by atoms with van der Waals surface area (Å²) in [6.07, 6.45) is 4.97. The van der Waals surface area contributed by atoms with E-state index in [9.17, 15) is 0 Å². The van der Waals surface area contributed by atoms with E-state index in [0.29, 0.717) is 10.5 Å². The van der Waals surface area contributed by atoms with Crippen molar-refractivity contribution in [3.63, 3.8) is 0 Å². The Balaban J connectivity index is 4.05. The summed E-state index contributed by atoms with van der Waals surface area (Å²) in [5, 5.41) is 0.672. The van der Waals surface area contributed by atoms with Crippen LogP contribution in [0.15, 0.2) is 35.3 Å². The van der Waals surface area contributed by atoms with Gasteiger partial charge in [0.2, 0.25) is 0 Å². The number of allylic oxidation sites excluding steroid dienone is 5. The first-order valence-electron chi connectivity index (χ1n) is 2.59. The fourth-order valence-corrected chi connectivity index (χ4v) is 0.540. The molecule has 2 heteroatoms. The van der Waals surface area contributed by atoms with E-state index >= 15 is 0 Å². The SMILES string of the molecule is [B]C(=C/C=C)/C=C(\C)Cl. The van der Waals surface area contributed by atoms with Gasteiger partial charge < -0.3 is 0 Å². The number of hydrogen-bond donors (Lipinski definition) is 0. The van der Waals surface area contributed by atoms with Crippen molar-refractivity contribution in [3.8, 4) is 0 Å². The molecule has 0 bridgehead atoms. The minimum atomic E-state index is 0.623. The first-order valence-corrected chi connectivity index (χ1v) is 2.96. The van der Waals surface area contributed by atoms with Crippen LogP contribution in [0.4, 0.5) is 0 Å². The van der Waals surface area contributed by atoms with Crippen molar-refractivity contribution in [3.05, 3.63) is 35.3 Å². The Hall–Kier alpha value is -0.425. The van der Waals surface area contributed by atoms with Gasteiger partial charge in [-0.05, 0) is 6.92 Å². The van der Waals surface area contributed by atoms with Gasteiger partial charge in [-0.1, -0.05) is 41.9 Å². The predicted octanol–water partition coefficient (Wildman–Crippen LogP) is 2.37. The van der Waals surface area contributed by atoms with Crippen molar-refractivity contribution >= 4 is 19.4 Å². The maximum absolute atomic E-state index is 5.51. The molecule has 0 nitrogen and oxygen atoms in total. The van der Waals surface area contributed by atoms with E-state index < -0.39 is 0 Å². The van der Waals surface area contributed by atoms with Gasteiger partial charge in [0, 0.05) is 5.03 Å². The fourth-order valence-electron chi connectivity index (χ4n) is 0.414. The Kier molecular flexibility index (Phi) is 4.24. The molecule has 0 aromatic heterocycles. The monoisotopic (exact) mass is 138 g/mol. The van der Waals surface area contributed by atoms with Crippen molar-refractivity contribution in [2.24, 2.45) is 0 Å². The molecule has 0 fully saturated rings. The quantitative estimate of drug-likeness (QED) is 0.406. The highest BCUT2D eigenvalue weighted by atomic mass is 35.5. The molecule has 0 N–H and O–H groups in total. The normalized spacial score (nSPS) is 13.6. The first-order chi connectivity index (χ1) is 4.16. The summed E-state index contributed by atoms with van der Waals surface area (Å²) >= 11 is 5.51. The minimum absolute atomic E-state index is 0.623. The number of rotatable bonds is 2. The van der Waals surface area contributed by atoms with Crippen LogP contribution in [0.5, 0.6) is 0 Å². The van der Waals surface area contributed by atoms with Gasteiger partial charge in [0.15, 0.2) is 0 Å². The molecule has 0 spiro atoms. The highest BCUT2D eigenvalue weighted by Crippen LogP contribution is 2.02.